The molecule has 0 amide bonds. The van der Waals surface area contributed by atoms with E-state index in [0.717, 1.165) is 47.9 Å². The van der Waals surface area contributed by atoms with E-state index in [1.54, 1.807) is 12.1 Å². The number of aromatic amines is 1. The average Bonchev–Trinajstić information content (AvgIpc) is 2.98. The third kappa shape index (κ3) is 2.80. The molecule has 0 aromatic heterocycles. The van der Waals surface area contributed by atoms with Gasteiger partial charge >= 0.3 is 0 Å². The molecule has 2 unspecified atom stereocenters. The van der Waals surface area contributed by atoms with Crippen molar-refractivity contribution in [1.29, 1.82) is 0 Å². The molecular weight excluding hydrogens is 288 g/mol. The molecule has 5 heteroatoms. The second kappa shape index (κ2) is 5.66. The molecule has 0 aliphatic carbocycles. The third-order valence-corrected chi connectivity index (χ3v) is 4.54. The van der Waals surface area contributed by atoms with Crippen LogP contribution in [0.3, 0.4) is 0 Å². The predicted molar refractivity (Wildman–Crippen MR) is 89.5 cm³/mol. The summed E-state index contributed by atoms with van der Waals surface area (Å²) in [5.41, 5.74) is 3.62. The van der Waals surface area contributed by atoms with Crippen LogP contribution in [0.25, 0.3) is 22.6 Å². The summed E-state index contributed by atoms with van der Waals surface area (Å²) < 4.78 is 0. The van der Waals surface area contributed by atoms with E-state index in [1.165, 1.54) is 0 Å². The highest BCUT2D eigenvalue weighted by Crippen LogP contribution is 2.31. The lowest BCUT2D eigenvalue weighted by Crippen LogP contribution is -2.35. The number of fused-ring (bicyclic) bond motifs is 1. The Kier molecular flexibility index (Phi) is 3.50. The second-order valence-corrected chi connectivity index (χ2v) is 6.34. The predicted octanol–water partition coefficient (Wildman–Crippen LogP) is 3.14. The maximum atomic E-state index is 9.63. The quantitative estimate of drug-likeness (QED) is 0.680. The van der Waals surface area contributed by atoms with Crippen LogP contribution in [0.4, 0.5) is 0 Å². The number of aromatic nitrogens is 3. The van der Waals surface area contributed by atoms with Crippen molar-refractivity contribution in [2.24, 2.45) is 0 Å². The number of nitrogens with zero attached hydrogens (tertiary/aromatic N) is 2. The largest absolute Gasteiger partial charge is 0.508 e. The normalized spacial score (nSPS) is 21.6. The number of rotatable bonds is 2. The summed E-state index contributed by atoms with van der Waals surface area (Å²) in [6.45, 7) is 3.25. The van der Waals surface area contributed by atoms with Gasteiger partial charge in [0.05, 0.1) is 17.6 Å². The third-order valence-electron chi connectivity index (χ3n) is 4.54. The lowest BCUT2D eigenvalue weighted by Gasteiger charge is -2.27. The molecule has 0 spiro atoms. The molecule has 118 valence electrons. The lowest BCUT2D eigenvalue weighted by atomic mass is 9.92. The summed E-state index contributed by atoms with van der Waals surface area (Å²) in [6, 6.07) is 9.72. The first kappa shape index (κ1) is 14.2. The first-order chi connectivity index (χ1) is 11.2. The smallest absolute Gasteiger partial charge is 0.116 e. The Balaban J connectivity index is 1.69. The van der Waals surface area contributed by atoms with Crippen molar-refractivity contribution in [3.8, 4) is 28.4 Å². The van der Waals surface area contributed by atoms with Crippen molar-refractivity contribution in [1.82, 2.24) is 20.3 Å². The van der Waals surface area contributed by atoms with Crippen LogP contribution in [0.2, 0.25) is 0 Å². The average molecular weight is 308 g/mol. The summed E-state index contributed by atoms with van der Waals surface area (Å²) in [4.78, 5) is 12.7. The number of piperidine rings is 1. The molecular formula is C18H20N4O. The Hall–Kier alpha value is -2.40. The molecule has 3 aliphatic rings. The van der Waals surface area contributed by atoms with Crippen molar-refractivity contribution in [3.63, 3.8) is 0 Å². The Bertz CT molecular complexity index is 797. The van der Waals surface area contributed by atoms with Gasteiger partial charge < -0.3 is 15.4 Å². The maximum absolute atomic E-state index is 9.63. The summed E-state index contributed by atoms with van der Waals surface area (Å²) >= 11 is 0. The second-order valence-electron chi connectivity index (χ2n) is 6.34. The zero-order chi connectivity index (χ0) is 15.8. The van der Waals surface area contributed by atoms with Gasteiger partial charge in [-0.1, -0.05) is 12.1 Å². The highest BCUT2D eigenvalue weighted by atomic mass is 16.3. The Labute approximate surface area is 135 Å². The lowest BCUT2D eigenvalue weighted by molar-refractivity contribution is 0.371. The molecule has 5 nitrogen and oxygen atoms in total. The van der Waals surface area contributed by atoms with E-state index >= 15 is 0 Å². The number of hydrogen-bond acceptors (Lipinski definition) is 4. The van der Waals surface area contributed by atoms with Gasteiger partial charge in [0.2, 0.25) is 0 Å². The summed E-state index contributed by atoms with van der Waals surface area (Å²) in [6.07, 6.45) is 4.05. The summed E-state index contributed by atoms with van der Waals surface area (Å²) in [5, 5.41) is 13.1. The highest BCUT2D eigenvalue weighted by molar-refractivity contribution is 5.71. The number of aromatic hydroxyl groups is 1. The fourth-order valence-corrected chi connectivity index (χ4v) is 3.33. The Morgan fingerprint density at radius 1 is 1.22 bits per heavy atom. The van der Waals surface area contributed by atoms with Gasteiger partial charge in [0.15, 0.2) is 0 Å². The van der Waals surface area contributed by atoms with E-state index in [-0.39, 0.29) is 5.75 Å². The van der Waals surface area contributed by atoms with Gasteiger partial charge in [0.25, 0.3) is 0 Å². The number of nitrogens with one attached hydrogen (secondary N) is 2. The van der Waals surface area contributed by atoms with Gasteiger partial charge in [0, 0.05) is 17.5 Å². The fraction of sp³-hybridized carbons (Fsp3) is 0.333. The van der Waals surface area contributed by atoms with Crippen LogP contribution < -0.4 is 5.32 Å². The van der Waals surface area contributed by atoms with Gasteiger partial charge in [-0.3, -0.25) is 0 Å². The molecule has 1 aromatic rings. The zero-order valence-corrected chi connectivity index (χ0v) is 13.1. The number of benzene rings is 1. The van der Waals surface area contributed by atoms with Gasteiger partial charge in [-0.05, 0) is 44.5 Å². The molecule has 3 aliphatic heterocycles. The molecule has 4 rings (SSSR count). The molecule has 1 saturated heterocycles. The maximum Gasteiger partial charge on any atom is 0.116 e. The van der Waals surface area contributed by atoms with E-state index in [4.69, 9.17) is 0 Å². The van der Waals surface area contributed by atoms with Crippen molar-refractivity contribution in [2.75, 3.05) is 6.54 Å². The van der Waals surface area contributed by atoms with Gasteiger partial charge in [-0.25, -0.2) is 9.97 Å². The van der Waals surface area contributed by atoms with Crippen LogP contribution in [-0.2, 0) is 0 Å². The number of phenols is 1. The van der Waals surface area contributed by atoms with Crippen molar-refractivity contribution in [3.05, 3.63) is 42.4 Å². The minimum absolute atomic E-state index is 0.251. The molecule has 0 bridgehead atoms. The van der Waals surface area contributed by atoms with E-state index < -0.39 is 0 Å². The number of H-pyrrole nitrogens is 1. The van der Waals surface area contributed by atoms with Crippen molar-refractivity contribution in [2.45, 2.75) is 31.7 Å². The molecule has 1 aromatic carbocycles. The van der Waals surface area contributed by atoms with Gasteiger partial charge in [0.1, 0.15) is 17.3 Å². The van der Waals surface area contributed by atoms with Gasteiger partial charge in [-0.2, -0.15) is 0 Å². The van der Waals surface area contributed by atoms with Crippen molar-refractivity contribution < 1.29 is 5.11 Å². The van der Waals surface area contributed by atoms with Crippen LogP contribution in [0.15, 0.2) is 36.5 Å². The number of phenolic OH excluding ortho intramolecular Hbond substituents is 1. The molecule has 3 N–H and O–H groups in total. The van der Waals surface area contributed by atoms with Crippen LogP contribution in [0.5, 0.6) is 5.75 Å². The van der Waals surface area contributed by atoms with E-state index in [1.807, 2.05) is 24.4 Å². The fourth-order valence-electron chi connectivity index (χ4n) is 3.33. The first-order valence-electron chi connectivity index (χ1n) is 8.07. The standard InChI is InChI=1S/C18H20N4O/c1-11-7-13(5-6-19-11)18-20-10-17-16(22-18)9-15(21-17)12-3-2-4-14(23)8-12/h2-4,8-11,13,19,23H,5-7H2,1H3,(H,20,22). The number of hydrogen-bond donors (Lipinski definition) is 3. The van der Waals surface area contributed by atoms with Crippen LogP contribution in [0.1, 0.15) is 31.5 Å². The van der Waals surface area contributed by atoms with Crippen LogP contribution >= 0.6 is 0 Å². The van der Waals surface area contributed by atoms with Crippen molar-refractivity contribution >= 4 is 0 Å². The minimum Gasteiger partial charge on any atom is -0.508 e. The monoisotopic (exact) mass is 308 g/mol. The molecule has 0 saturated carbocycles. The molecule has 3 heterocycles. The minimum atomic E-state index is 0.251. The van der Waals surface area contributed by atoms with Crippen LogP contribution in [0, 0.1) is 0 Å². The topological polar surface area (TPSA) is 73.8 Å². The molecule has 23 heavy (non-hydrogen) atoms. The van der Waals surface area contributed by atoms with Gasteiger partial charge in [-0.15, -0.1) is 0 Å². The Morgan fingerprint density at radius 3 is 2.96 bits per heavy atom. The van der Waals surface area contributed by atoms with E-state index in [9.17, 15) is 5.11 Å². The SMILES string of the molecule is CC1CC(c2ncc3nc(-c4cccc(O)c4)cc-3[nH]2)CCN1. The summed E-state index contributed by atoms with van der Waals surface area (Å²) in [5.74, 6) is 1.76. The first-order valence-corrected chi connectivity index (χ1v) is 8.07. The molecule has 2 atom stereocenters. The zero-order valence-electron chi connectivity index (χ0n) is 13.1. The highest BCUT2D eigenvalue weighted by Gasteiger charge is 2.23. The summed E-state index contributed by atoms with van der Waals surface area (Å²) in [7, 11) is 0. The molecule has 1 fully saturated rings. The Morgan fingerprint density at radius 2 is 2.13 bits per heavy atom. The molecule has 0 radical (unpaired) electrons. The van der Waals surface area contributed by atoms with Crippen LogP contribution in [-0.4, -0.2) is 32.6 Å². The van der Waals surface area contributed by atoms with E-state index in [0.29, 0.717) is 12.0 Å². The van der Waals surface area contributed by atoms with E-state index in [2.05, 4.69) is 27.2 Å².